The minimum absolute atomic E-state index is 0.372. The van der Waals surface area contributed by atoms with Crippen LogP contribution in [0.2, 0.25) is 0 Å². The monoisotopic (exact) mass is 380 g/mol. The molecule has 0 saturated carbocycles. The van der Waals surface area contributed by atoms with E-state index in [0.717, 1.165) is 9.35 Å². The molecule has 0 aromatic carbocycles. The predicted molar refractivity (Wildman–Crippen MR) is 86.4 cm³/mol. The molecule has 1 aromatic rings. The van der Waals surface area contributed by atoms with Crippen molar-refractivity contribution in [2.75, 3.05) is 19.1 Å². The SMILES string of the molecule is CSCC[C@H](NC(=O)N(C)Cc1cc(Br)cs1)C(=O)O. The summed E-state index contributed by atoms with van der Waals surface area (Å²) in [6.07, 6.45) is 2.32. The maximum absolute atomic E-state index is 12.0. The van der Waals surface area contributed by atoms with E-state index in [0.29, 0.717) is 18.7 Å². The Morgan fingerprint density at radius 1 is 1.60 bits per heavy atom. The number of hydrogen-bond acceptors (Lipinski definition) is 4. The van der Waals surface area contributed by atoms with Crippen LogP contribution in [0.5, 0.6) is 0 Å². The van der Waals surface area contributed by atoms with Gasteiger partial charge in [-0.2, -0.15) is 11.8 Å². The average Bonchev–Trinajstić information content (AvgIpc) is 2.79. The Labute approximate surface area is 134 Å². The highest BCUT2D eigenvalue weighted by Crippen LogP contribution is 2.20. The standard InChI is InChI=1S/C12H17BrN2O3S2/c1-15(6-9-5-8(13)7-20-9)12(18)14-10(11(16)17)3-4-19-2/h5,7,10H,3-4,6H2,1-2H3,(H,14,18)(H,16,17)/t10-/m0/s1. The molecule has 0 aliphatic rings. The molecule has 2 amide bonds. The Bertz CT molecular complexity index is 467. The van der Waals surface area contributed by atoms with Crippen LogP contribution in [0, 0.1) is 0 Å². The highest BCUT2D eigenvalue weighted by atomic mass is 79.9. The summed E-state index contributed by atoms with van der Waals surface area (Å²) < 4.78 is 0.981. The molecule has 0 aliphatic heterocycles. The second kappa shape index (κ2) is 8.53. The van der Waals surface area contributed by atoms with E-state index in [1.54, 1.807) is 30.1 Å². The highest BCUT2D eigenvalue weighted by molar-refractivity contribution is 9.10. The zero-order valence-corrected chi connectivity index (χ0v) is 14.5. The first-order valence-corrected chi connectivity index (χ1v) is 8.97. The van der Waals surface area contributed by atoms with E-state index in [4.69, 9.17) is 5.11 Å². The van der Waals surface area contributed by atoms with Gasteiger partial charge in [0.15, 0.2) is 0 Å². The van der Waals surface area contributed by atoms with Gasteiger partial charge in [0.05, 0.1) is 6.54 Å². The van der Waals surface area contributed by atoms with Crippen LogP contribution in [-0.4, -0.2) is 47.1 Å². The van der Waals surface area contributed by atoms with Crippen molar-refractivity contribution in [1.29, 1.82) is 0 Å². The van der Waals surface area contributed by atoms with E-state index in [1.807, 2.05) is 17.7 Å². The second-order valence-corrected chi connectivity index (χ2v) is 7.11. The van der Waals surface area contributed by atoms with Crippen LogP contribution in [-0.2, 0) is 11.3 Å². The van der Waals surface area contributed by atoms with E-state index < -0.39 is 12.0 Å². The number of carbonyl (C=O) groups excluding carboxylic acids is 1. The van der Waals surface area contributed by atoms with Gasteiger partial charge in [0.2, 0.25) is 0 Å². The van der Waals surface area contributed by atoms with Crippen LogP contribution in [0.1, 0.15) is 11.3 Å². The van der Waals surface area contributed by atoms with Gasteiger partial charge in [-0.05, 0) is 40.4 Å². The molecular weight excluding hydrogens is 364 g/mol. The van der Waals surface area contributed by atoms with Crippen LogP contribution in [0.3, 0.4) is 0 Å². The molecule has 0 aliphatic carbocycles. The molecule has 1 rings (SSSR count). The maximum atomic E-state index is 12.0. The summed E-state index contributed by atoms with van der Waals surface area (Å²) in [5.74, 6) is -0.307. The fraction of sp³-hybridized carbons (Fsp3) is 0.500. The zero-order valence-electron chi connectivity index (χ0n) is 11.3. The van der Waals surface area contributed by atoms with E-state index in [9.17, 15) is 9.59 Å². The number of hydrogen-bond donors (Lipinski definition) is 2. The molecule has 1 heterocycles. The molecule has 8 heteroatoms. The lowest BCUT2D eigenvalue weighted by Gasteiger charge is -2.20. The maximum Gasteiger partial charge on any atom is 0.326 e. The molecule has 112 valence electrons. The molecule has 0 radical (unpaired) electrons. The molecule has 1 aromatic heterocycles. The molecule has 0 saturated heterocycles. The summed E-state index contributed by atoms with van der Waals surface area (Å²) in [7, 11) is 1.65. The minimum Gasteiger partial charge on any atom is -0.480 e. The van der Waals surface area contributed by atoms with Crippen molar-refractivity contribution in [2.24, 2.45) is 0 Å². The van der Waals surface area contributed by atoms with Gasteiger partial charge >= 0.3 is 12.0 Å². The second-order valence-electron chi connectivity index (χ2n) is 4.21. The molecule has 20 heavy (non-hydrogen) atoms. The Morgan fingerprint density at radius 2 is 2.30 bits per heavy atom. The first kappa shape index (κ1) is 17.3. The summed E-state index contributed by atoms with van der Waals surface area (Å²) >= 11 is 6.46. The predicted octanol–water partition coefficient (Wildman–Crippen LogP) is 2.86. The number of urea groups is 1. The van der Waals surface area contributed by atoms with E-state index in [1.165, 1.54) is 4.90 Å². The van der Waals surface area contributed by atoms with Crippen LogP contribution < -0.4 is 5.32 Å². The lowest BCUT2D eigenvalue weighted by molar-refractivity contribution is -0.139. The number of carboxylic acids is 1. The smallest absolute Gasteiger partial charge is 0.326 e. The molecule has 1 atom stereocenters. The van der Waals surface area contributed by atoms with Gasteiger partial charge in [-0.15, -0.1) is 11.3 Å². The van der Waals surface area contributed by atoms with Gasteiger partial charge in [0.1, 0.15) is 6.04 Å². The normalized spacial score (nSPS) is 11.9. The summed E-state index contributed by atoms with van der Waals surface area (Å²) in [6, 6.07) is 0.729. The third kappa shape index (κ3) is 5.72. The van der Waals surface area contributed by atoms with Gasteiger partial charge in [-0.3, -0.25) is 0 Å². The zero-order chi connectivity index (χ0) is 15.1. The summed E-state index contributed by atoms with van der Waals surface area (Å²) in [6.45, 7) is 0.455. The van der Waals surface area contributed by atoms with Crippen molar-refractivity contribution in [3.8, 4) is 0 Å². The van der Waals surface area contributed by atoms with Crippen molar-refractivity contribution in [3.05, 3.63) is 20.8 Å². The van der Waals surface area contributed by atoms with E-state index in [-0.39, 0.29) is 6.03 Å². The largest absolute Gasteiger partial charge is 0.480 e. The van der Waals surface area contributed by atoms with Crippen molar-refractivity contribution < 1.29 is 14.7 Å². The van der Waals surface area contributed by atoms with Crippen molar-refractivity contribution in [2.45, 2.75) is 19.0 Å². The molecule has 0 fully saturated rings. The Hall–Kier alpha value is -0.730. The fourth-order valence-electron chi connectivity index (χ4n) is 1.49. The molecule has 0 bridgehead atoms. The number of thioether (sulfide) groups is 1. The van der Waals surface area contributed by atoms with Gasteiger partial charge < -0.3 is 15.3 Å². The number of halogens is 1. The number of carboxylic acid groups (broad SMARTS) is 1. The van der Waals surface area contributed by atoms with Gasteiger partial charge in [-0.1, -0.05) is 0 Å². The van der Waals surface area contributed by atoms with Crippen LogP contribution in [0.15, 0.2) is 15.9 Å². The van der Waals surface area contributed by atoms with Crippen LogP contribution in [0.25, 0.3) is 0 Å². The average molecular weight is 381 g/mol. The molecular formula is C12H17BrN2O3S2. The third-order valence-electron chi connectivity index (χ3n) is 2.57. The Kier molecular flexibility index (Phi) is 7.39. The van der Waals surface area contributed by atoms with Crippen molar-refractivity contribution in [1.82, 2.24) is 10.2 Å². The number of nitrogens with zero attached hydrogens (tertiary/aromatic N) is 1. The summed E-state index contributed by atoms with van der Waals surface area (Å²) in [5, 5.41) is 13.6. The summed E-state index contributed by atoms with van der Waals surface area (Å²) in [5.41, 5.74) is 0. The molecule has 0 unspecified atom stereocenters. The van der Waals surface area contributed by atoms with Crippen molar-refractivity contribution in [3.63, 3.8) is 0 Å². The molecule has 0 spiro atoms. The third-order valence-corrected chi connectivity index (χ3v) is 4.89. The highest BCUT2D eigenvalue weighted by Gasteiger charge is 2.21. The quantitative estimate of drug-likeness (QED) is 0.762. The fourth-order valence-corrected chi connectivity index (χ4v) is 3.47. The first-order valence-electron chi connectivity index (χ1n) is 5.90. The lowest BCUT2D eigenvalue weighted by atomic mass is 10.2. The van der Waals surface area contributed by atoms with Crippen LogP contribution >= 0.6 is 39.0 Å². The number of thiophene rings is 1. The van der Waals surface area contributed by atoms with E-state index in [2.05, 4.69) is 21.2 Å². The van der Waals surface area contributed by atoms with E-state index >= 15 is 0 Å². The number of nitrogens with one attached hydrogen (secondary N) is 1. The van der Waals surface area contributed by atoms with Gasteiger partial charge in [0, 0.05) is 21.8 Å². The number of rotatable bonds is 7. The minimum atomic E-state index is -1.00. The topological polar surface area (TPSA) is 69.6 Å². The Balaban J connectivity index is 2.52. The number of carbonyl (C=O) groups is 2. The summed E-state index contributed by atoms with van der Waals surface area (Å²) in [4.78, 5) is 25.6. The van der Waals surface area contributed by atoms with Gasteiger partial charge in [-0.25, -0.2) is 9.59 Å². The first-order chi connectivity index (χ1) is 9.43. The van der Waals surface area contributed by atoms with Crippen molar-refractivity contribution >= 4 is 51.0 Å². The Morgan fingerprint density at radius 3 is 2.80 bits per heavy atom. The molecule has 5 nitrogen and oxygen atoms in total. The lowest BCUT2D eigenvalue weighted by Crippen LogP contribution is -2.46. The number of amides is 2. The molecule has 2 N–H and O–H groups in total. The van der Waals surface area contributed by atoms with Crippen LogP contribution in [0.4, 0.5) is 4.79 Å². The number of aliphatic carboxylic acids is 1. The van der Waals surface area contributed by atoms with Gasteiger partial charge in [0.25, 0.3) is 0 Å².